The number of fused-ring (bicyclic) bond motifs is 1. The molecule has 0 aliphatic heterocycles. The van der Waals surface area contributed by atoms with Crippen LogP contribution < -0.4 is 0 Å². The van der Waals surface area contributed by atoms with Crippen LogP contribution in [0.5, 0.6) is 0 Å². The average molecular weight is 311 g/mol. The second-order valence-corrected chi connectivity index (χ2v) is 6.90. The van der Waals surface area contributed by atoms with Crippen molar-refractivity contribution in [2.45, 2.75) is 45.1 Å². The van der Waals surface area contributed by atoms with Crippen molar-refractivity contribution in [2.75, 3.05) is 0 Å². The van der Waals surface area contributed by atoms with E-state index in [9.17, 15) is 5.11 Å². The van der Waals surface area contributed by atoms with E-state index in [-0.39, 0.29) is 0 Å². The summed E-state index contributed by atoms with van der Waals surface area (Å²) in [5.41, 5.74) is 3.25. The smallest absolute Gasteiger partial charge is 0.0937 e. The molecule has 108 valence electrons. The van der Waals surface area contributed by atoms with Crippen molar-refractivity contribution in [1.82, 2.24) is 9.78 Å². The van der Waals surface area contributed by atoms with Gasteiger partial charge in [-0.3, -0.25) is 4.68 Å². The van der Waals surface area contributed by atoms with Crippen molar-refractivity contribution < 1.29 is 5.11 Å². The number of thiophene rings is 1. The highest BCUT2D eigenvalue weighted by molar-refractivity contribution is 7.12. The van der Waals surface area contributed by atoms with Gasteiger partial charge in [-0.15, -0.1) is 11.3 Å². The molecule has 0 radical (unpaired) electrons. The molecule has 1 aliphatic rings. The highest BCUT2D eigenvalue weighted by Crippen LogP contribution is 2.35. The Balaban J connectivity index is 1.81. The molecule has 20 heavy (non-hydrogen) atoms. The molecule has 0 aromatic carbocycles. The van der Waals surface area contributed by atoms with Crippen molar-refractivity contribution in [3.05, 3.63) is 37.8 Å². The van der Waals surface area contributed by atoms with Gasteiger partial charge in [-0.1, -0.05) is 18.5 Å². The van der Waals surface area contributed by atoms with Crippen LogP contribution in [0, 0.1) is 0 Å². The fourth-order valence-electron chi connectivity index (χ4n) is 2.84. The van der Waals surface area contributed by atoms with E-state index in [2.05, 4.69) is 11.2 Å². The fourth-order valence-corrected chi connectivity index (χ4v) is 4.46. The molecule has 0 saturated carbocycles. The number of aliphatic hydroxyl groups is 1. The largest absolute Gasteiger partial charge is 0.387 e. The minimum Gasteiger partial charge on any atom is -0.387 e. The lowest BCUT2D eigenvalue weighted by Gasteiger charge is -2.09. The molecule has 1 atom stereocenters. The Morgan fingerprint density at radius 1 is 1.50 bits per heavy atom. The topological polar surface area (TPSA) is 38.0 Å². The Bertz CT molecular complexity index is 611. The van der Waals surface area contributed by atoms with Crippen LogP contribution in [0.15, 0.2) is 6.07 Å². The Kier molecular flexibility index (Phi) is 3.89. The van der Waals surface area contributed by atoms with E-state index in [4.69, 9.17) is 11.6 Å². The summed E-state index contributed by atoms with van der Waals surface area (Å²) in [6.45, 7) is 2.04. The predicted octanol–water partition coefficient (Wildman–Crippen LogP) is 3.46. The number of hydrogen-bond acceptors (Lipinski definition) is 3. The zero-order valence-electron chi connectivity index (χ0n) is 11.8. The number of aliphatic hydroxyl groups excluding tert-OH is 1. The van der Waals surface area contributed by atoms with Gasteiger partial charge >= 0.3 is 0 Å². The van der Waals surface area contributed by atoms with Gasteiger partial charge in [0, 0.05) is 23.2 Å². The minimum atomic E-state index is -0.483. The van der Waals surface area contributed by atoms with E-state index in [1.165, 1.54) is 23.3 Å². The first kappa shape index (κ1) is 14.1. The van der Waals surface area contributed by atoms with E-state index in [0.717, 1.165) is 29.1 Å². The zero-order chi connectivity index (χ0) is 14.3. The van der Waals surface area contributed by atoms with Crippen LogP contribution in [-0.2, 0) is 32.7 Å². The number of halogens is 1. The van der Waals surface area contributed by atoms with Crippen LogP contribution in [0.4, 0.5) is 0 Å². The maximum atomic E-state index is 10.5. The summed E-state index contributed by atoms with van der Waals surface area (Å²) in [4.78, 5) is 2.51. The Morgan fingerprint density at radius 3 is 2.95 bits per heavy atom. The van der Waals surface area contributed by atoms with Crippen LogP contribution in [-0.4, -0.2) is 14.9 Å². The SMILES string of the molecule is CCc1nn(C)c(CC(O)c2cc3c(s2)CCC3)c1Cl. The molecule has 1 unspecified atom stereocenters. The van der Waals surface area contributed by atoms with Gasteiger partial charge in [-0.25, -0.2) is 0 Å². The summed E-state index contributed by atoms with van der Waals surface area (Å²) in [5, 5.41) is 15.6. The summed E-state index contributed by atoms with van der Waals surface area (Å²) >= 11 is 8.10. The lowest BCUT2D eigenvalue weighted by Crippen LogP contribution is -2.05. The van der Waals surface area contributed by atoms with Crippen LogP contribution in [0.3, 0.4) is 0 Å². The van der Waals surface area contributed by atoms with Gasteiger partial charge in [0.25, 0.3) is 0 Å². The summed E-state index contributed by atoms with van der Waals surface area (Å²) < 4.78 is 1.80. The lowest BCUT2D eigenvalue weighted by atomic mass is 10.1. The van der Waals surface area contributed by atoms with Crippen LogP contribution in [0.2, 0.25) is 5.02 Å². The summed E-state index contributed by atoms with van der Waals surface area (Å²) in [5.74, 6) is 0. The number of rotatable bonds is 4. The quantitative estimate of drug-likeness (QED) is 0.939. The average Bonchev–Trinajstić information content (AvgIpc) is 3.07. The Labute approximate surface area is 128 Å². The second-order valence-electron chi connectivity index (χ2n) is 5.36. The molecular formula is C15H19ClN2OS. The normalized spacial score (nSPS) is 15.6. The Hall–Kier alpha value is -0.840. The van der Waals surface area contributed by atoms with Crippen molar-refractivity contribution >= 4 is 22.9 Å². The van der Waals surface area contributed by atoms with E-state index in [1.807, 2.05) is 14.0 Å². The van der Waals surface area contributed by atoms with Gasteiger partial charge < -0.3 is 5.11 Å². The molecule has 3 rings (SSSR count). The van der Waals surface area contributed by atoms with Crippen LogP contribution in [0.25, 0.3) is 0 Å². The number of aryl methyl sites for hydroxylation is 4. The summed E-state index contributed by atoms with van der Waals surface area (Å²) in [7, 11) is 1.89. The molecule has 0 amide bonds. The number of nitrogens with zero attached hydrogens (tertiary/aromatic N) is 2. The summed E-state index contributed by atoms with van der Waals surface area (Å²) in [6.07, 6.45) is 4.44. The minimum absolute atomic E-state index is 0.483. The Morgan fingerprint density at radius 2 is 2.30 bits per heavy atom. The number of hydrogen-bond donors (Lipinski definition) is 1. The zero-order valence-corrected chi connectivity index (χ0v) is 13.4. The molecule has 5 heteroatoms. The highest BCUT2D eigenvalue weighted by atomic mass is 35.5. The van der Waals surface area contributed by atoms with E-state index < -0.39 is 6.10 Å². The first-order chi connectivity index (χ1) is 9.60. The van der Waals surface area contributed by atoms with Gasteiger partial charge in [0.1, 0.15) is 0 Å². The van der Waals surface area contributed by atoms with Gasteiger partial charge in [-0.05, 0) is 37.3 Å². The molecule has 0 fully saturated rings. The lowest BCUT2D eigenvalue weighted by molar-refractivity contribution is 0.179. The van der Waals surface area contributed by atoms with E-state index >= 15 is 0 Å². The molecule has 2 heterocycles. The highest BCUT2D eigenvalue weighted by Gasteiger charge is 2.22. The van der Waals surface area contributed by atoms with E-state index in [1.54, 1.807) is 16.0 Å². The molecule has 1 aliphatic carbocycles. The fraction of sp³-hybridized carbons (Fsp3) is 0.533. The van der Waals surface area contributed by atoms with Crippen molar-refractivity contribution in [3.8, 4) is 0 Å². The van der Waals surface area contributed by atoms with Gasteiger partial charge in [-0.2, -0.15) is 5.10 Å². The van der Waals surface area contributed by atoms with Crippen LogP contribution >= 0.6 is 22.9 Å². The van der Waals surface area contributed by atoms with Crippen molar-refractivity contribution in [1.29, 1.82) is 0 Å². The van der Waals surface area contributed by atoms with E-state index in [0.29, 0.717) is 11.4 Å². The molecule has 0 saturated heterocycles. The molecule has 2 aromatic heterocycles. The van der Waals surface area contributed by atoms with Crippen molar-refractivity contribution in [3.63, 3.8) is 0 Å². The molecular weight excluding hydrogens is 292 g/mol. The third-order valence-electron chi connectivity index (χ3n) is 3.98. The third kappa shape index (κ3) is 2.41. The predicted molar refractivity (Wildman–Crippen MR) is 82.6 cm³/mol. The molecule has 3 nitrogen and oxygen atoms in total. The molecule has 0 spiro atoms. The molecule has 2 aromatic rings. The van der Waals surface area contributed by atoms with Gasteiger partial charge in [0.05, 0.1) is 22.5 Å². The maximum Gasteiger partial charge on any atom is 0.0937 e. The number of aromatic nitrogens is 2. The standard InChI is InChI=1S/C15H19ClN2OS/c1-3-10-15(16)11(18(2)17-10)8-12(19)14-7-9-5-4-6-13(9)20-14/h7,12,19H,3-6,8H2,1-2H3. The van der Waals surface area contributed by atoms with Crippen molar-refractivity contribution in [2.24, 2.45) is 7.05 Å². The third-order valence-corrected chi connectivity index (χ3v) is 5.76. The molecule has 1 N–H and O–H groups in total. The first-order valence-corrected chi connectivity index (χ1v) is 8.29. The maximum absolute atomic E-state index is 10.5. The second kappa shape index (κ2) is 5.51. The van der Waals surface area contributed by atoms with Crippen LogP contribution in [0.1, 0.15) is 46.2 Å². The first-order valence-electron chi connectivity index (χ1n) is 7.10. The van der Waals surface area contributed by atoms with Gasteiger partial charge in [0.2, 0.25) is 0 Å². The molecule has 0 bridgehead atoms. The monoisotopic (exact) mass is 310 g/mol. The summed E-state index contributed by atoms with van der Waals surface area (Å²) in [6, 6.07) is 2.17. The van der Waals surface area contributed by atoms with Gasteiger partial charge in [0.15, 0.2) is 0 Å².